The number of carbonyl (C=O) groups excluding carboxylic acids is 1. The molecule has 1 amide bonds. The van der Waals surface area contributed by atoms with Crippen LogP contribution in [0.4, 0.5) is 13.9 Å². The summed E-state index contributed by atoms with van der Waals surface area (Å²) in [4.78, 5) is 16.9. The number of nitrogens with zero attached hydrogens (tertiary/aromatic N) is 1. The summed E-state index contributed by atoms with van der Waals surface area (Å²) in [6, 6.07) is 3.54. The second kappa shape index (κ2) is 9.22. The highest BCUT2D eigenvalue weighted by Gasteiger charge is 2.16. The van der Waals surface area contributed by atoms with Crippen LogP contribution in [0.2, 0.25) is 0 Å². The molecule has 3 rings (SSSR count). The van der Waals surface area contributed by atoms with Crippen LogP contribution in [-0.2, 0) is 11.2 Å². The molecule has 0 radical (unpaired) electrons. The van der Waals surface area contributed by atoms with Gasteiger partial charge in [0.25, 0.3) is 0 Å². The first-order valence-electron chi connectivity index (χ1n) is 7.99. The summed E-state index contributed by atoms with van der Waals surface area (Å²) in [5.41, 5.74) is 0.409. The largest absolute Gasteiger partial charge is 0.316 e. The lowest BCUT2D eigenvalue weighted by atomic mass is 10.0. The fourth-order valence-electron chi connectivity index (χ4n) is 2.78. The molecule has 0 bridgehead atoms. The standard InChI is InChI=1S/C17H19F2N3OS.ClH/c18-13-3-2-12(15(19)8-13)7-14-10-21-17(24-14)22-16(23)4-1-11-5-6-20-9-11;/h2-3,8,10-11,20H,1,4-7,9H2,(H,21,22,23);1H. The summed E-state index contributed by atoms with van der Waals surface area (Å²) < 4.78 is 26.6. The Morgan fingerprint density at radius 3 is 2.96 bits per heavy atom. The maximum atomic E-state index is 13.7. The van der Waals surface area contributed by atoms with E-state index in [-0.39, 0.29) is 18.3 Å². The van der Waals surface area contributed by atoms with Gasteiger partial charge in [-0.3, -0.25) is 4.79 Å². The van der Waals surface area contributed by atoms with Crippen LogP contribution in [-0.4, -0.2) is 24.0 Å². The molecule has 1 atom stereocenters. The van der Waals surface area contributed by atoms with Gasteiger partial charge in [-0.2, -0.15) is 0 Å². The first-order chi connectivity index (χ1) is 11.6. The SMILES string of the molecule is Cl.O=C(CCC1CCNC1)Nc1ncc(Cc2ccc(F)cc2F)s1. The molecule has 1 unspecified atom stereocenters. The molecule has 0 saturated carbocycles. The fraction of sp³-hybridized carbons (Fsp3) is 0.412. The van der Waals surface area contributed by atoms with Crippen LogP contribution in [0, 0.1) is 17.6 Å². The van der Waals surface area contributed by atoms with Gasteiger partial charge in [0.1, 0.15) is 11.6 Å². The molecule has 2 aromatic rings. The van der Waals surface area contributed by atoms with Crippen molar-refractivity contribution in [1.29, 1.82) is 0 Å². The van der Waals surface area contributed by atoms with E-state index in [4.69, 9.17) is 0 Å². The van der Waals surface area contributed by atoms with E-state index in [0.717, 1.165) is 36.9 Å². The predicted molar refractivity (Wildman–Crippen MR) is 97.4 cm³/mol. The second-order valence-electron chi connectivity index (χ2n) is 5.99. The highest BCUT2D eigenvalue weighted by atomic mass is 35.5. The summed E-state index contributed by atoms with van der Waals surface area (Å²) in [6.45, 7) is 2.01. The molecular formula is C17H20ClF2N3OS. The number of aromatic nitrogens is 1. The number of halogens is 3. The summed E-state index contributed by atoms with van der Waals surface area (Å²) in [6.07, 6.45) is 4.42. The smallest absolute Gasteiger partial charge is 0.226 e. The van der Waals surface area contributed by atoms with E-state index in [9.17, 15) is 13.6 Å². The lowest BCUT2D eigenvalue weighted by molar-refractivity contribution is -0.116. The molecule has 8 heteroatoms. The van der Waals surface area contributed by atoms with E-state index in [2.05, 4.69) is 15.6 Å². The van der Waals surface area contributed by atoms with Gasteiger partial charge in [0.2, 0.25) is 5.91 Å². The molecule has 1 aliphatic heterocycles. The van der Waals surface area contributed by atoms with E-state index >= 15 is 0 Å². The fourth-order valence-corrected chi connectivity index (χ4v) is 3.63. The number of rotatable bonds is 6. The van der Waals surface area contributed by atoms with Crippen LogP contribution in [0.15, 0.2) is 24.4 Å². The molecule has 136 valence electrons. The topological polar surface area (TPSA) is 54.0 Å². The Labute approximate surface area is 155 Å². The third-order valence-electron chi connectivity index (χ3n) is 4.12. The molecule has 1 aromatic heterocycles. The van der Waals surface area contributed by atoms with Crippen molar-refractivity contribution in [1.82, 2.24) is 10.3 Å². The third kappa shape index (κ3) is 5.73. The Morgan fingerprint density at radius 2 is 2.24 bits per heavy atom. The average molecular weight is 388 g/mol. The van der Waals surface area contributed by atoms with Gasteiger partial charge in [0, 0.05) is 30.0 Å². The van der Waals surface area contributed by atoms with Crippen LogP contribution in [0.25, 0.3) is 0 Å². The van der Waals surface area contributed by atoms with E-state index in [0.29, 0.717) is 29.5 Å². The number of benzene rings is 1. The Balaban J connectivity index is 0.00000225. The third-order valence-corrected chi connectivity index (χ3v) is 5.03. The minimum Gasteiger partial charge on any atom is -0.316 e. The number of nitrogens with one attached hydrogen (secondary N) is 2. The average Bonchev–Trinajstić information content (AvgIpc) is 3.20. The van der Waals surface area contributed by atoms with Gasteiger partial charge in [-0.1, -0.05) is 6.07 Å². The molecule has 1 fully saturated rings. The van der Waals surface area contributed by atoms with Crippen molar-refractivity contribution in [3.8, 4) is 0 Å². The van der Waals surface area contributed by atoms with E-state index in [1.807, 2.05) is 0 Å². The highest BCUT2D eigenvalue weighted by Crippen LogP contribution is 2.23. The van der Waals surface area contributed by atoms with E-state index in [1.54, 1.807) is 6.20 Å². The maximum Gasteiger partial charge on any atom is 0.226 e. The minimum atomic E-state index is -0.592. The summed E-state index contributed by atoms with van der Waals surface area (Å²) in [5, 5.41) is 6.59. The molecule has 2 N–H and O–H groups in total. The van der Waals surface area contributed by atoms with Crippen molar-refractivity contribution in [3.05, 3.63) is 46.5 Å². The maximum absolute atomic E-state index is 13.7. The van der Waals surface area contributed by atoms with Crippen molar-refractivity contribution in [3.63, 3.8) is 0 Å². The minimum absolute atomic E-state index is 0. The monoisotopic (exact) mass is 387 g/mol. The zero-order chi connectivity index (χ0) is 16.9. The zero-order valence-electron chi connectivity index (χ0n) is 13.6. The van der Waals surface area contributed by atoms with Crippen molar-refractivity contribution in [2.45, 2.75) is 25.7 Å². The number of hydrogen-bond donors (Lipinski definition) is 2. The highest BCUT2D eigenvalue weighted by molar-refractivity contribution is 7.15. The van der Waals surface area contributed by atoms with Gasteiger partial charge in [0.15, 0.2) is 5.13 Å². The molecular weight excluding hydrogens is 368 g/mol. The molecule has 0 spiro atoms. The first-order valence-corrected chi connectivity index (χ1v) is 8.81. The summed E-state index contributed by atoms with van der Waals surface area (Å²) in [7, 11) is 0. The predicted octanol–water partition coefficient (Wildman–Crippen LogP) is 3.76. The molecule has 1 saturated heterocycles. The molecule has 1 aromatic carbocycles. The van der Waals surface area contributed by atoms with Gasteiger partial charge in [-0.15, -0.1) is 23.7 Å². The van der Waals surface area contributed by atoms with E-state index in [1.165, 1.54) is 23.5 Å². The zero-order valence-corrected chi connectivity index (χ0v) is 15.2. The van der Waals surface area contributed by atoms with Crippen LogP contribution in [0.5, 0.6) is 0 Å². The Kier molecular flexibility index (Phi) is 7.28. The Hall–Kier alpha value is -1.57. The molecule has 0 aliphatic carbocycles. The van der Waals surface area contributed by atoms with Crippen molar-refractivity contribution < 1.29 is 13.6 Å². The quantitative estimate of drug-likeness (QED) is 0.793. The van der Waals surface area contributed by atoms with Crippen molar-refractivity contribution >= 4 is 34.8 Å². The van der Waals surface area contributed by atoms with E-state index < -0.39 is 11.6 Å². The molecule has 4 nitrogen and oxygen atoms in total. The number of hydrogen-bond acceptors (Lipinski definition) is 4. The van der Waals surface area contributed by atoms with Gasteiger partial charge in [-0.25, -0.2) is 13.8 Å². The number of carbonyl (C=O) groups is 1. The summed E-state index contributed by atoms with van der Waals surface area (Å²) >= 11 is 1.31. The lowest BCUT2D eigenvalue weighted by Gasteiger charge is -2.07. The Bertz CT molecular complexity index is 720. The van der Waals surface area contributed by atoms with Crippen molar-refractivity contribution in [2.24, 2.45) is 5.92 Å². The molecule has 25 heavy (non-hydrogen) atoms. The molecule has 2 heterocycles. The van der Waals surface area contributed by atoms with Crippen LogP contribution in [0.3, 0.4) is 0 Å². The van der Waals surface area contributed by atoms with Crippen LogP contribution in [0.1, 0.15) is 29.7 Å². The van der Waals surface area contributed by atoms with Gasteiger partial charge < -0.3 is 10.6 Å². The van der Waals surface area contributed by atoms with Crippen LogP contribution < -0.4 is 10.6 Å². The number of amides is 1. The first kappa shape index (κ1) is 19.8. The normalized spacial score (nSPS) is 16.5. The Morgan fingerprint density at radius 1 is 1.40 bits per heavy atom. The molecule has 1 aliphatic rings. The second-order valence-corrected chi connectivity index (χ2v) is 7.11. The lowest BCUT2D eigenvalue weighted by Crippen LogP contribution is -2.14. The number of thiazole rings is 1. The van der Waals surface area contributed by atoms with Crippen molar-refractivity contribution in [2.75, 3.05) is 18.4 Å². The number of anilines is 1. The van der Waals surface area contributed by atoms with Crippen LogP contribution >= 0.6 is 23.7 Å². The van der Waals surface area contributed by atoms with Gasteiger partial charge in [-0.05, 0) is 43.5 Å². The van der Waals surface area contributed by atoms with Gasteiger partial charge >= 0.3 is 0 Å². The van der Waals surface area contributed by atoms with Gasteiger partial charge in [0.05, 0.1) is 0 Å². The summed E-state index contributed by atoms with van der Waals surface area (Å²) in [5.74, 6) is -0.634.